The molecule has 1 aromatic heterocycles. The molecule has 3 fully saturated rings. The Balaban J connectivity index is 0.000000172. The number of anilines is 2. The van der Waals surface area contributed by atoms with E-state index < -0.39 is 42.3 Å². The summed E-state index contributed by atoms with van der Waals surface area (Å²) in [6.45, 7) is 12.7. The zero-order chi connectivity index (χ0) is 67.0. The lowest BCUT2D eigenvalue weighted by Gasteiger charge is -2.54. The minimum Gasteiger partial charge on any atom is -0.490 e. The highest BCUT2D eigenvalue weighted by Gasteiger charge is 2.55. The molecule has 4 aliphatic carbocycles. The lowest BCUT2D eigenvalue weighted by molar-refractivity contribution is -0.329. The number of imidazole rings is 1. The van der Waals surface area contributed by atoms with Crippen molar-refractivity contribution in [1.82, 2.24) is 23.9 Å². The number of carbonyl (C=O) groups is 2. The highest BCUT2D eigenvalue weighted by Crippen LogP contribution is 2.54. The highest BCUT2D eigenvalue weighted by molar-refractivity contribution is 7.99. The summed E-state index contributed by atoms with van der Waals surface area (Å²) in [5.41, 5.74) is 5.89. The molecule has 5 aromatic rings. The first-order valence-electron chi connectivity index (χ1n) is 34.8. The van der Waals surface area contributed by atoms with Crippen LogP contribution in [0.5, 0.6) is 11.5 Å². The third kappa shape index (κ3) is 13.2. The highest BCUT2D eigenvalue weighted by atomic mass is 35.5. The fourth-order valence-electron chi connectivity index (χ4n) is 17.6. The first-order valence-corrected chi connectivity index (χ1v) is 38.9. The summed E-state index contributed by atoms with van der Waals surface area (Å²) in [6, 6.07) is 23.6. The van der Waals surface area contributed by atoms with Crippen LogP contribution >= 0.6 is 23.2 Å². The standard InChI is InChI=1S/C37H47ClN4O4S.C37H50ClN3O6S/c1-24-7-5-16-37(44,35-39-17-18-41(35)3)31-12-9-28(31)21-42-22-36(15-6-8-26-19-29(38)11-13-30(26)36)23-46-33-14-10-27(20-32(33)42)34(43)40-47(4,45)25(24)2;1-24-7-5-16-37(46-20-30(21-47-37)40(3)4)32-12-9-28(32)19-41-22-36(15-6-8-26-17-29(38)11-13-31(26)36)23-45-34-14-10-27(18-33(34)41)35(42)39-48(43,44)25(24)2/h10-11,13-14,17-20,24-25,28,31,44H,4-9,12,15-16,21-23H2,1-3H3,(H,40,43,45);10-11,13-14,17-18,24-25,28,30,32H,5-9,12,15-16,19-23H2,1-4H3,(H,39,42)/t24-,25+,28-,31+,36-,37+,47?;24-,25+,28-,30?,32+,36-,37?/m00/s1. The fraction of sp³-hybridized carbons (Fsp3) is 0.595. The number of aromatic nitrogens is 2. The quantitative estimate of drug-likeness (QED) is 0.141. The number of aryl methyl sites for hydroxylation is 3. The Bertz CT molecular complexity index is 3940. The molecule has 1 saturated heterocycles. The maximum Gasteiger partial charge on any atom is 0.264 e. The van der Waals surface area contributed by atoms with E-state index in [0.717, 1.165) is 117 Å². The Kier molecular flexibility index (Phi) is 19.2. The summed E-state index contributed by atoms with van der Waals surface area (Å²) in [7, 11) is -0.802. The van der Waals surface area contributed by atoms with Gasteiger partial charge in [0.1, 0.15) is 22.9 Å². The molecule has 9 aliphatic rings. The topological polar surface area (TPSA) is 194 Å². The number of hydrogen-bond acceptors (Lipinski definition) is 14. The van der Waals surface area contributed by atoms with E-state index in [-0.39, 0.29) is 57.6 Å². The van der Waals surface area contributed by atoms with E-state index in [9.17, 15) is 27.3 Å². The van der Waals surface area contributed by atoms with Crippen LogP contribution in [0.25, 0.3) is 0 Å². The van der Waals surface area contributed by atoms with Crippen molar-refractivity contribution in [3.63, 3.8) is 0 Å². The Morgan fingerprint density at radius 2 is 1.16 bits per heavy atom. The largest absolute Gasteiger partial charge is 0.490 e. The molecule has 14 rings (SSSR count). The van der Waals surface area contributed by atoms with Crippen molar-refractivity contribution in [3.05, 3.63) is 134 Å². The maximum absolute atomic E-state index is 13.9. The van der Waals surface area contributed by atoms with Crippen molar-refractivity contribution in [2.45, 2.75) is 169 Å². The summed E-state index contributed by atoms with van der Waals surface area (Å²) < 4.78 is 74.9. The molecule has 17 nitrogen and oxygen atoms in total. The Morgan fingerprint density at radius 3 is 1.66 bits per heavy atom. The number of carbonyl (C=O) groups excluding carboxylic acids is 2. The molecule has 4 bridgehead atoms. The van der Waals surface area contributed by atoms with E-state index in [0.29, 0.717) is 93.9 Å². The minimum absolute atomic E-state index is 0.0220. The Hall–Kier alpha value is -5.38. The average molecular weight is 1380 g/mol. The van der Waals surface area contributed by atoms with Gasteiger partial charge in [0.2, 0.25) is 10.0 Å². The Labute approximate surface area is 572 Å². The third-order valence-electron chi connectivity index (χ3n) is 24.1. The molecule has 2 saturated carbocycles. The van der Waals surface area contributed by atoms with Crippen molar-refractivity contribution in [2.75, 3.05) is 76.5 Å². The van der Waals surface area contributed by atoms with Crippen molar-refractivity contribution in [1.29, 1.82) is 0 Å². The van der Waals surface area contributed by atoms with Gasteiger partial charge in [0.15, 0.2) is 5.79 Å². The fourth-order valence-corrected chi connectivity index (χ4v) is 20.8. The minimum atomic E-state index is -3.92. The Morgan fingerprint density at radius 1 is 0.642 bits per heavy atom. The second-order valence-corrected chi connectivity index (χ2v) is 35.4. The van der Waals surface area contributed by atoms with Gasteiger partial charge in [-0.25, -0.2) is 22.3 Å². The van der Waals surface area contributed by atoms with Crippen molar-refractivity contribution in [3.8, 4) is 11.5 Å². The molecule has 21 heteroatoms. The molecule has 0 radical (unpaired) electrons. The lowest BCUT2D eigenvalue weighted by Crippen LogP contribution is -2.59. The number of nitrogens with zero attached hydrogens (tertiary/aromatic N) is 5. The van der Waals surface area contributed by atoms with Crippen molar-refractivity contribution in [2.24, 2.45) is 42.6 Å². The SMILES string of the molecule is C=S1(=O)NC(=O)c2ccc3c(c2)N(C[C@@H]2CC[C@H]2[C@@](O)(c2nccn2C)CCC[C@H](C)[C@H]1C)C[C@@]1(CCCc2cc(Cl)ccc21)CO3.C[C@@H]1[C@@H](C)CCCC2(OCC(N(C)C)CO2)[C@@H]2CC[C@H]2CN2C[C@@]3(CCCc4cc(Cl)ccc43)COc3ccc(cc32)C(=O)NS1(=O)=O. The van der Waals surface area contributed by atoms with Gasteiger partial charge in [0.25, 0.3) is 11.8 Å². The number of aliphatic hydroxyl groups is 1. The predicted molar refractivity (Wildman–Crippen MR) is 376 cm³/mol. The molecule has 3 N–H and O–H groups in total. The van der Waals surface area contributed by atoms with Crippen LogP contribution in [0, 0.1) is 35.5 Å². The zero-order valence-electron chi connectivity index (χ0n) is 56.4. The van der Waals surface area contributed by atoms with Gasteiger partial charge in [-0.1, -0.05) is 49.2 Å². The first-order chi connectivity index (χ1) is 45.3. The molecule has 5 aliphatic heterocycles. The van der Waals surface area contributed by atoms with Crippen LogP contribution < -0.4 is 28.7 Å². The number of benzene rings is 4. The molecule has 3 spiro atoms. The van der Waals surface area contributed by atoms with E-state index >= 15 is 0 Å². The van der Waals surface area contributed by atoms with Gasteiger partial charge >= 0.3 is 0 Å². The average Bonchev–Trinajstić information content (AvgIpc) is 1.75. The molecule has 2 amide bonds. The number of halogens is 2. The maximum atomic E-state index is 13.9. The smallest absolute Gasteiger partial charge is 0.264 e. The number of sulfonamides is 1. The van der Waals surface area contributed by atoms with Gasteiger partial charge in [-0.05, 0) is 243 Å². The number of ether oxygens (including phenoxy) is 4. The monoisotopic (exact) mass is 1380 g/mol. The summed E-state index contributed by atoms with van der Waals surface area (Å²) in [4.78, 5) is 38.9. The van der Waals surface area contributed by atoms with Gasteiger partial charge in [0, 0.05) is 95.2 Å². The van der Waals surface area contributed by atoms with Crippen LogP contribution in [0.15, 0.2) is 85.2 Å². The second kappa shape index (κ2) is 26.7. The molecule has 6 heterocycles. The van der Waals surface area contributed by atoms with Gasteiger partial charge in [-0.2, -0.15) is 0 Å². The van der Waals surface area contributed by atoms with E-state index in [1.54, 1.807) is 25.3 Å². The number of likely N-dealkylation sites (N-methyl/N-ethyl adjacent to an activating group) is 1. The number of hydrogen-bond donors (Lipinski definition) is 3. The van der Waals surface area contributed by atoms with Crippen LogP contribution in [-0.2, 0) is 65.5 Å². The van der Waals surface area contributed by atoms with Crippen molar-refractivity contribution < 1.29 is 46.3 Å². The summed E-state index contributed by atoms with van der Waals surface area (Å²) in [5.74, 6) is 5.09. The van der Waals surface area contributed by atoms with Gasteiger partial charge < -0.3 is 43.3 Å². The zero-order valence-corrected chi connectivity index (χ0v) is 59.5. The third-order valence-corrected chi connectivity index (χ3v) is 28.7. The second-order valence-electron chi connectivity index (χ2n) is 30.1. The number of amides is 2. The predicted octanol–water partition coefficient (Wildman–Crippen LogP) is 11.8. The first kappa shape index (κ1) is 68.2. The summed E-state index contributed by atoms with van der Waals surface area (Å²) >= 11 is 12.9. The molecule has 514 valence electrons. The van der Waals surface area contributed by atoms with Gasteiger partial charge in [-0.3, -0.25) is 14.3 Å². The number of nitrogens with one attached hydrogen (secondary N) is 2. The molecule has 12 atom stereocenters. The van der Waals surface area contributed by atoms with Crippen LogP contribution in [0.1, 0.15) is 166 Å². The molecular formula is C74H97Cl2N7O10S2. The van der Waals surface area contributed by atoms with E-state index in [1.807, 2.05) is 68.1 Å². The molecular weight excluding hydrogens is 1280 g/mol. The van der Waals surface area contributed by atoms with Crippen molar-refractivity contribution >= 4 is 72.0 Å². The molecule has 95 heavy (non-hydrogen) atoms. The molecule has 1 unspecified atom stereocenters. The normalized spacial score (nSPS) is 34.7. The number of fused-ring (bicyclic) bond motifs is 9. The van der Waals surface area contributed by atoms with Crippen LogP contribution in [0.3, 0.4) is 0 Å². The van der Waals surface area contributed by atoms with E-state index in [1.165, 1.54) is 22.3 Å². The van der Waals surface area contributed by atoms with E-state index in [2.05, 4.69) is 80.3 Å². The van der Waals surface area contributed by atoms with Gasteiger partial charge in [0.05, 0.1) is 58.8 Å². The lowest BCUT2D eigenvalue weighted by atomic mass is 9.62. The number of rotatable bonds is 2. The van der Waals surface area contributed by atoms with Crippen LogP contribution in [0.2, 0.25) is 10.0 Å². The van der Waals surface area contributed by atoms with Crippen LogP contribution in [0.4, 0.5) is 11.4 Å². The molecule has 4 aromatic carbocycles. The van der Waals surface area contributed by atoms with Crippen LogP contribution in [-0.4, -0.2) is 139 Å². The van der Waals surface area contributed by atoms with E-state index in [4.69, 9.17) is 42.1 Å². The summed E-state index contributed by atoms with van der Waals surface area (Å²) in [6.07, 6.45) is 17.9. The van der Waals surface area contributed by atoms with Gasteiger partial charge in [-0.15, -0.1) is 0 Å². The summed E-state index contributed by atoms with van der Waals surface area (Å²) in [5, 5.41) is 13.1.